The van der Waals surface area contributed by atoms with Crippen molar-refractivity contribution in [1.29, 1.82) is 0 Å². The van der Waals surface area contributed by atoms with Crippen LogP contribution in [0.5, 0.6) is 0 Å². The number of rotatable bonds is 6. The van der Waals surface area contributed by atoms with Crippen LogP contribution in [0.25, 0.3) is 0 Å². The molecule has 1 aliphatic rings. The molecule has 2 N–H and O–H groups in total. The molecule has 0 aromatic heterocycles. The van der Waals surface area contributed by atoms with Crippen molar-refractivity contribution in [1.82, 2.24) is 4.90 Å². The zero-order valence-electron chi connectivity index (χ0n) is 14.1. The molecule has 0 radical (unpaired) electrons. The number of nitrogens with zero attached hydrogens (tertiary/aromatic N) is 1. The van der Waals surface area contributed by atoms with Gasteiger partial charge in [-0.15, -0.1) is 0 Å². The van der Waals surface area contributed by atoms with Crippen LogP contribution in [0.3, 0.4) is 0 Å². The summed E-state index contributed by atoms with van der Waals surface area (Å²) in [7, 11) is 0. The Bertz CT molecular complexity index is 252. The van der Waals surface area contributed by atoms with Crippen molar-refractivity contribution in [2.75, 3.05) is 6.54 Å². The van der Waals surface area contributed by atoms with Crippen molar-refractivity contribution in [2.45, 2.75) is 97.2 Å². The summed E-state index contributed by atoms with van der Waals surface area (Å²) in [6.07, 6.45) is 7.61. The molecule has 0 spiro atoms. The highest BCUT2D eigenvalue weighted by atomic mass is 15.3. The Balaban J connectivity index is 2.76. The maximum atomic E-state index is 6.27. The lowest BCUT2D eigenvalue weighted by Crippen LogP contribution is -2.64. The topological polar surface area (TPSA) is 29.3 Å². The molecule has 1 rings (SSSR count). The van der Waals surface area contributed by atoms with Gasteiger partial charge in [0.1, 0.15) is 0 Å². The molecule has 2 heteroatoms. The lowest BCUT2D eigenvalue weighted by molar-refractivity contribution is -0.0464. The summed E-state index contributed by atoms with van der Waals surface area (Å²) in [5, 5.41) is 0. The number of hydrogen-bond acceptors (Lipinski definition) is 2. The van der Waals surface area contributed by atoms with Crippen LogP contribution in [-0.4, -0.2) is 28.6 Å². The van der Waals surface area contributed by atoms with Crippen molar-refractivity contribution in [3.63, 3.8) is 0 Å². The van der Waals surface area contributed by atoms with E-state index >= 15 is 0 Å². The Kier molecular flexibility index (Phi) is 5.88. The van der Waals surface area contributed by atoms with Gasteiger partial charge in [0.2, 0.25) is 0 Å². The van der Waals surface area contributed by atoms with E-state index in [-0.39, 0.29) is 11.1 Å². The SMILES string of the molecule is CCCCC(CC)CN1C(C)(C)CC(N)CC1(C)C. The van der Waals surface area contributed by atoms with Gasteiger partial charge in [0.15, 0.2) is 0 Å². The first-order valence-corrected chi connectivity index (χ1v) is 8.26. The minimum absolute atomic E-state index is 0.237. The average Bonchev–Trinajstić information content (AvgIpc) is 2.25. The fourth-order valence-electron chi connectivity index (χ4n) is 4.06. The van der Waals surface area contributed by atoms with Crippen LogP contribution in [0.1, 0.15) is 80.1 Å². The summed E-state index contributed by atoms with van der Waals surface area (Å²) in [5.41, 5.74) is 6.74. The lowest BCUT2D eigenvalue weighted by Gasteiger charge is -2.55. The monoisotopic (exact) mass is 268 g/mol. The molecule has 0 bridgehead atoms. The van der Waals surface area contributed by atoms with Crippen LogP contribution < -0.4 is 5.73 Å². The predicted molar refractivity (Wildman–Crippen MR) is 85.4 cm³/mol. The first kappa shape index (κ1) is 17.0. The normalized spacial score (nSPS) is 25.4. The van der Waals surface area contributed by atoms with Gasteiger partial charge < -0.3 is 5.73 Å². The Hall–Kier alpha value is -0.0800. The molecule has 1 fully saturated rings. The summed E-state index contributed by atoms with van der Waals surface area (Å²) in [4.78, 5) is 2.74. The van der Waals surface area contributed by atoms with E-state index in [1.807, 2.05) is 0 Å². The number of unbranched alkanes of at least 4 members (excludes halogenated alkanes) is 1. The predicted octanol–water partition coefficient (Wildman–Crippen LogP) is 4.18. The number of nitrogens with two attached hydrogens (primary N) is 1. The van der Waals surface area contributed by atoms with E-state index in [4.69, 9.17) is 5.73 Å². The maximum Gasteiger partial charge on any atom is 0.0173 e. The number of likely N-dealkylation sites (tertiary alicyclic amines) is 1. The lowest BCUT2D eigenvalue weighted by atomic mass is 9.76. The van der Waals surface area contributed by atoms with Crippen LogP contribution in [-0.2, 0) is 0 Å². The highest BCUT2D eigenvalue weighted by Gasteiger charge is 2.44. The molecular formula is C17H36N2. The van der Waals surface area contributed by atoms with Gasteiger partial charge in [-0.05, 0) is 52.9 Å². The third-order valence-electron chi connectivity index (χ3n) is 4.97. The van der Waals surface area contributed by atoms with Crippen molar-refractivity contribution >= 4 is 0 Å². The molecule has 0 amide bonds. The molecule has 2 nitrogen and oxygen atoms in total. The van der Waals surface area contributed by atoms with Crippen LogP contribution in [0.4, 0.5) is 0 Å². The molecule has 114 valence electrons. The van der Waals surface area contributed by atoms with Crippen LogP contribution in [0, 0.1) is 5.92 Å². The van der Waals surface area contributed by atoms with Crippen LogP contribution in [0.2, 0.25) is 0 Å². The summed E-state index contributed by atoms with van der Waals surface area (Å²) in [6, 6.07) is 0.358. The molecule has 1 saturated heterocycles. The second kappa shape index (κ2) is 6.58. The summed E-state index contributed by atoms with van der Waals surface area (Å²) >= 11 is 0. The van der Waals surface area contributed by atoms with E-state index in [0.717, 1.165) is 18.8 Å². The van der Waals surface area contributed by atoms with Crippen molar-refractivity contribution in [3.05, 3.63) is 0 Å². The zero-order valence-corrected chi connectivity index (χ0v) is 14.1. The van der Waals surface area contributed by atoms with Gasteiger partial charge >= 0.3 is 0 Å². The number of hydrogen-bond donors (Lipinski definition) is 1. The maximum absolute atomic E-state index is 6.27. The molecule has 0 aromatic carbocycles. The molecular weight excluding hydrogens is 232 g/mol. The Morgan fingerprint density at radius 3 is 2.05 bits per heavy atom. The van der Waals surface area contributed by atoms with E-state index in [2.05, 4.69) is 46.4 Å². The third kappa shape index (κ3) is 4.46. The largest absolute Gasteiger partial charge is 0.328 e. The minimum Gasteiger partial charge on any atom is -0.328 e. The van der Waals surface area contributed by atoms with Gasteiger partial charge in [0.05, 0.1) is 0 Å². The minimum atomic E-state index is 0.237. The third-order valence-corrected chi connectivity index (χ3v) is 4.97. The molecule has 1 atom stereocenters. The van der Waals surface area contributed by atoms with Gasteiger partial charge in [0.25, 0.3) is 0 Å². The van der Waals surface area contributed by atoms with Crippen molar-refractivity contribution in [3.8, 4) is 0 Å². The molecule has 0 aliphatic carbocycles. The van der Waals surface area contributed by atoms with Gasteiger partial charge in [-0.25, -0.2) is 0 Å². The van der Waals surface area contributed by atoms with Gasteiger partial charge in [0, 0.05) is 23.7 Å². The fraction of sp³-hybridized carbons (Fsp3) is 1.00. The highest BCUT2D eigenvalue weighted by molar-refractivity contribution is 5.01. The first-order chi connectivity index (χ1) is 8.73. The quantitative estimate of drug-likeness (QED) is 0.783. The van der Waals surface area contributed by atoms with Crippen LogP contribution in [0.15, 0.2) is 0 Å². The second-order valence-corrected chi connectivity index (χ2v) is 7.82. The van der Waals surface area contributed by atoms with Crippen LogP contribution >= 0.6 is 0 Å². The Labute approximate surface area is 121 Å². The van der Waals surface area contributed by atoms with Crippen molar-refractivity contribution < 1.29 is 0 Å². The van der Waals surface area contributed by atoms with E-state index in [1.54, 1.807) is 0 Å². The van der Waals surface area contributed by atoms with Gasteiger partial charge in [-0.3, -0.25) is 4.90 Å². The van der Waals surface area contributed by atoms with Gasteiger partial charge in [-0.2, -0.15) is 0 Å². The summed E-state index contributed by atoms with van der Waals surface area (Å²) in [6.45, 7) is 15.4. The molecule has 1 unspecified atom stereocenters. The van der Waals surface area contributed by atoms with Crippen molar-refractivity contribution in [2.24, 2.45) is 11.7 Å². The molecule has 0 saturated carbocycles. The standard InChI is InChI=1S/C17H36N2/c1-7-9-10-14(8-2)13-19-16(3,4)11-15(18)12-17(19,5)6/h14-15H,7-13,18H2,1-6H3. The highest BCUT2D eigenvalue weighted by Crippen LogP contribution is 2.38. The fourth-order valence-corrected chi connectivity index (χ4v) is 4.06. The molecule has 19 heavy (non-hydrogen) atoms. The molecule has 1 heterocycles. The average molecular weight is 268 g/mol. The van der Waals surface area contributed by atoms with E-state index in [0.29, 0.717) is 6.04 Å². The summed E-state index contributed by atoms with van der Waals surface area (Å²) < 4.78 is 0. The smallest absolute Gasteiger partial charge is 0.0173 e. The Morgan fingerprint density at radius 1 is 1.11 bits per heavy atom. The summed E-state index contributed by atoms with van der Waals surface area (Å²) in [5.74, 6) is 0.841. The first-order valence-electron chi connectivity index (χ1n) is 8.26. The second-order valence-electron chi connectivity index (χ2n) is 7.82. The van der Waals surface area contributed by atoms with E-state index in [1.165, 1.54) is 32.2 Å². The van der Waals surface area contributed by atoms with E-state index in [9.17, 15) is 0 Å². The molecule has 0 aromatic rings. The molecule has 1 aliphatic heterocycles. The van der Waals surface area contributed by atoms with Gasteiger partial charge in [-0.1, -0.05) is 33.1 Å². The van der Waals surface area contributed by atoms with E-state index < -0.39 is 0 Å². The Morgan fingerprint density at radius 2 is 1.63 bits per heavy atom. The zero-order chi connectivity index (χ0) is 14.7. The number of piperidine rings is 1.